The van der Waals surface area contributed by atoms with Crippen molar-refractivity contribution in [1.82, 2.24) is 14.8 Å². The van der Waals surface area contributed by atoms with Crippen LogP contribution in [0.4, 0.5) is 13.2 Å². The minimum atomic E-state index is -4.63. The van der Waals surface area contributed by atoms with Crippen molar-refractivity contribution in [2.24, 2.45) is 0 Å². The van der Waals surface area contributed by atoms with E-state index < -0.39 is 23.3 Å². The number of hydrogen-bond acceptors (Lipinski definition) is 5. The van der Waals surface area contributed by atoms with E-state index in [2.05, 4.69) is 14.8 Å². The summed E-state index contributed by atoms with van der Waals surface area (Å²) in [6.07, 6.45) is -3.11. The first kappa shape index (κ1) is 21.0. The number of halogens is 3. The Labute approximate surface area is 170 Å². The predicted octanol–water partition coefficient (Wildman–Crippen LogP) is 4.29. The molecule has 0 radical (unpaired) electrons. The van der Waals surface area contributed by atoms with Crippen LogP contribution >= 0.6 is 0 Å². The molecular formula is C21H17F3N4O2. The minimum absolute atomic E-state index is 0.174. The lowest BCUT2D eigenvalue weighted by Crippen LogP contribution is -2.08. The molecular weight excluding hydrogens is 397 g/mol. The molecule has 0 amide bonds. The first-order chi connectivity index (χ1) is 14.2. The number of pyridine rings is 1. The average molecular weight is 414 g/mol. The van der Waals surface area contributed by atoms with Gasteiger partial charge in [0.1, 0.15) is 5.69 Å². The third kappa shape index (κ3) is 4.03. The molecule has 2 heterocycles. The fraction of sp³-hybridized carbons (Fsp3) is 0.238. The van der Waals surface area contributed by atoms with Crippen LogP contribution in [-0.2, 0) is 17.5 Å². The van der Waals surface area contributed by atoms with Gasteiger partial charge in [-0.1, -0.05) is 12.1 Å². The molecule has 1 aromatic carbocycles. The highest BCUT2D eigenvalue weighted by atomic mass is 19.4. The number of methoxy groups -OCH3 is 1. The maximum Gasteiger partial charge on any atom is 0.417 e. The van der Waals surface area contributed by atoms with E-state index >= 15 is 0 Å². The summed E-state index contributed by atoms with van der Waals surface area (Å²) in [6, 6.07) is 8.46. The van der Waals surface area contributed by atoms with Gasteiger partial charge < -0.3 is 4.74 Å². The molecule has 2 aromatic heterocycles. The zero-order valence-electron chi connectivity index (χ0n) is 16.4. The molecule has 0 aliphatic heterocycles. The van der Waals surface area contributed by atoms with Crippen LogP contribution < -0.4 is 0 Å². The number of carbonyl (C=O) groups excluding carboxylic acids is 1. The first-order valence-electron chi connectivity index (χ1n) is 8.84. The van der Waals surface area contributed by atoms with E-state index in [0.29, 0.717) is 29.1 Å². The normalized spacial score (nSPS) is 11.2. The minimum Gasteiger partial charge on any atom is -0.464 e. The summed E-state index contributed by atoms with van der Waals surface area (Å²) in [5.74, 6) is -0.545. The molecule has 3 aromatic rings. The second-order valence-electron chi connectivity index (χ2n) is 6.62. The highest BCUT2D eigenvalue weighted by Gasteiger charge is 2.34. The van der Waals surface area contributed by atoms with E-state index in [-0.39, 0.29) is 5.69 Å². The number of hydrogen-bond donors (Lipinski definition) is 0. The van der Waals surface area contributed by atoms with Gasteiger partial charge in [-0.05, 0) is 43.2 Å². The van der Waals surface area contributed by atoms with E-state index in [1.165, 1.54) is 31.5 Å². The van der Waals surface area contributed by atoms with Crippen LogP contribution in [0.2, 0.25) is 0 Å². The molecule has 30 heavy (non-hydrogen) atoms. The van der Waals surface area contributed by atoms with Gasteiger partial charge in [0.25, 0.3) is 0 Å². The highest BCUT2D eigenvalue weighted by Crippen LogP contribution is 2.36. The molecule has 154 valence electrons. The van der Waals surface area contributed by atoms with Gasteiger partial charge in [0.05, 0.1) is 36.5 Å². The Kier molecular flexibility index (Phi) is 5.60. The SMILES string of the molecule is COC(=O)c1ccc(Cn2nc(C)c(-c3ccc(C#N)c(C(F)(F)F)c3)c2C)cn1. The number of nitrogens with zero attached hydrogens (tertiary/aromatic N) is 4. The maximum atomic E-state index is 13.3. The van der Waals surface area contributed by atoms with Crippen LogP contribution in [-0.4, -0.2) is 27.8 Å². The summed E-state index contributed by atoms with van der Waals surface area (Å²) < 4.78 is 46.3. The van der Waals surface area contributed by atoms with Gasteiger partial charge in [0.15, 0.2) is 0 Å². The largest absolute Gasteiger partial charge is 0.464 e. The summed E-state index contributed by atoms with van der Waals surface area (Å²) in [6.45, 7) is 3.80. The topological polar surface area (TPSA) is 80.8 Å². The Morgan fingerprint density at radius 2 is 1.97 bits per heavy atom. The highest BCUT2D eigenvalue weighted by molar-refractivity contribution is 5.87. The Hall–Kier alpha value is -3.67. The molecule has 0 fully saturated rings. The van der Waals surface area contributed by atoms with Crippen molar-refractivity contribution >= 4 is 5.97 Å². The molecule has 9 heteroatoms. The molecule has 0 unspecified atom stereocenters. The van der Waals surface area contributed by atoms with Crippen LogP contribution in [0.1, 0.15) is 38.6 Å². The van der Waals surface area contributed by atoms with E-state index in [0.717, 1.165) is 11.6 Å². The predicted molar refractivity (Wildman–Crippen MR) is 102 cm³/mol. The number of nitriles is 1. The molecule has 0 aliphatic carbocycles. The van der Waals surface area contributed by atoms with Crippen LogP contribution in [0.15, 0.2) is 36.5 Å². The summed E-state index contributed by atoms with van der Waals surface area (Å²) in [5, 5.41) is 13.4. The third-order valence-corrected chi connectivity index (χ3v) is 4.67. The molecule has 0 aliphatic rings. The molecule has 0 atom stereocenters. The third-order valence-electron chi connectivity index (χ3n) is 4.67. The fourth-order valence-corrected chi connectivity index (χ4v) is 3.22. The van der Waals surface area contributed by atoms with Crippen LogP contribution in [0, 0.1) is 25.2 Å². The van der Waals surface area contributed by atoms with Gasteiger partial charge in [-0.3, -0.25) is 4.68 Å². The lowest BCUT2D eigenvalue weighted by Gasteiger charge is -2.11. The van der Waals surface area contributed by atoms with Gasteiger partial charge in [0, 0.05) is 17.5 Å². The standard InChI is InChI=1S/C21H17F3N4O2/c1-12-19(15-5-6-16(9-25)17(8-15)21(22,23)24)13(2)28(27-12)11-14-4-7-18(26-10-14)20(29)30-3/h4-8,10H,11H2,1-3H3. The Balaban J connectivity index is 1.97. The van der Waals surface area contributed by atoms with Crippen LogP contribution in [0.25, 0.3) is 11.1 Å². The fourth-order valence-electron chi connectivity index (χ4n) is 3.22. The van der Waals surface area contributed by atoms with Crippen molar-refractivity contribution in [2.45, 2.75) is 26.6 Å². The van der Waals surface area contributed by atoms with E-state index in [4.69, 9.17) is 5.26 Å². The van der Waals surface area contributed by atoms with Crippen molar-refractivity contribution in [3.63, 3.8) is 0 Å². The number of carbonyl (C=O) groups is 1. The maximum absolute atomic E-state index is 13.3. The van der Waals surface area contributed by atoms with E-state index in [9.17, 15) is 18.0 Å². The van der Waals surface area contributed by atoms with Gasteiger partial charge in [-0.15, -0.1) is 0 Å². The number of alkyl halides is 3. The first-order valence-corrected chi connectivity index (χ1v) is 8.84. The summed E-state index contributed by atoms with van der Waals surface area (Å²) >= 11 is 0. The van der Waals surface area contributed by atoms with Crippen molar-refractivity contribution in [3.05, 3.63) is 70.3 Å². The van der Waals surface area contributed by atoms with E-state index in [1.54, 1.807) is 30.7 Å². The molecule has 3 rings (SSSR count). The van der Waals surface area contributed by atoms with Crippen molar-refractivity contribution < 1.29 is 22.7 Å². The number of esters is 1. The molecule has 6 nitrogen and oxygen atoms in total. The summed E-state index contributed by atoms with van der Waals surface area (Å²) in [7, 11) is 1.27. The number of benzene rings is 1. The Morgan fingerprint density at radius 1 is 1.23 bits per heavy atom. The van der Waals surface area contributed by atoms with Gasteiger partial charge in [-0.2, -0.15) is 23.5 Å². The average Bonchev–Trinajstić information content (AvgIpc) is 2.99. The second-order valence-corrected chi connectivity index (χ2v) is 6.62. The zero-order valence-corrected chi connectivity index (χ0v) is 16.4. The van der Waals surface area contributed by atoms with Crippen LogP contribution in [0.5, 0.6) is 0 Å². The Morgan fingerprint density at radius 3 is 2.53 bits per heavy atom. The van der Waals surface area contributed by atoms with Gasteiger partial charge in [-0.25, -0.2) is 9.78 Å². The number of aryl methyl sites for hydroxylation is 1. The number of ether oxygens (including phenoxy) is 1. The lowest BCUT2D eigenvalue weighted by molar-refractivity contribution is -0.137. The molecule has 0 saturated carbocycles. The molecule has 0 saturated heterocycles. The van der Waals surface area contributed by atoms with Gasteiger partial charge >= 0.3 is 12.1 Å². The van der Waals surface area contributed by atoms with Crippen molar-refractivity contribution in [2.75, 3.05) is 7.11 Å². The number of rotatable bonds is 4. The van der Waals surface area contributed by atoms with Gasteiger partial charge in [0.2, 0.25) is 0 Å². The second kappa shape index (κ2) is 7.99. The smallest absolute Gasteiger partial charge is 0.417 e. The monoisotopic (exact) mass is 414 g/mol. The quantitative estimate of drug-likeness (QED) is 0.595. The van der Waals surface area contributed by atoms with Crippen molar-refractivity contribution in [3.8, 4) is 17.2 Å². The van der Waals surface area contributed by atoms with Crippen molar-refractivity contribution in [1.29, 1.82) is 5.26 Å². The zero-order chi connectivity index (χ0) is 22.1. The Bertz CT molecular complexity index is 1140. The summed E-state index contributed by atoms with van der Waals surface area (Å²) in [5.41, 5.74) is 1.67. The molecule has 0 bridgehead atoms. The van der Waals surface area contributed by atoms with E-state index in [1.807, 2.05) is 0 Å². The molecule has 0 N–H and O–H groups in total. The number of aromatic nitrogens is 3. The van der Waals surface area contributed by atoms with Crippen LogP contribution in [0.3, 0.4) is 0 Å². The summed E-state index contributed by atoms with van der Waals surface area (Å²) in [4.78, 5) is 15.5. The molecule has 0 spiro atoms. The lowest BCUT2D eigenvalue weighted by atomic mass is 9.98.